The highest BCUT2D eigenvalue weighted by Gasteiger charge is 2.29. The molecule has 0 aromatic heterocycles. The number of halogens is 1. The predicted octanol–water partition coefficient (Wildman–Crippen LogP) is 2.57. The van der Waals surface area contributed by atoms with Gasteiger partial charge in [0.05, 0.1) is 5.60 Å². The van der Waals surface area contributed by atoms with Gasteiger partial charge < -0.3 is 10.0 Å². The van der Waals surface area contributed by atoms with Gasteiger partial charge in [0.25, 0.3) is 5.91 Å². The van der Waals surface area contributed by atoms with E-state index in [0.717, 1.165) is 16.5 Å². The molecule has 0 atom stereocenters. The summed E-state index contributed by atoms with van der Waals surface area (Å²) in [6.07, 6.45) is 1.30. The summed E-state index contributed by atoms with van der Waals surface area (Å²) >= 11 is 3.39. The molecule has 1 aliphatic rings. The molecule has 0 aliphatic carbocycles. The number of hydrogen-bond donors (Lipinski definition) is 1. The first-order valence-corrected chi connectivity index (χ1v) is 7.30. The number of carbonyl (C=O) groups excluding carboxylic acids is 1. The lowest BCUT2D eigenvalue weighted by molar-refractivity contribution is -0.00202. The van der Waals surface area contributed by atoms with E-state index in [1.165, 1.54) is 0 Å². The van der Waals surface area contributed by atoms with Crippen molar-refractivity contribution < 1.29 is 9.90 Å². The van der Waals surface area contributed by atoms with Crippen LogP contribution >= 0.6 is 15.9 Å². The van der Waals surface area contributed by atoms with Crippen LogP contribution < -0.4 is 0 Å². The van der Waals surface area contributed by atoms with Crippen LogP contribution in [-0.2, 0) is 5.33 Å². The molecule has 4 heteroatoms. The van der Waals surface area contributed by atoms with Crippen molar-refractivity contribution in [1.29, 1.82) is 0 Å². The molecular weight excluding hydrogens is 294 g/mol. The second-order valence-electron chi connectivity index (χ2n) is 5.12. The van der Waals surface area contributed by atoms with Crippen LogP contribution in [0.2, 0.25) is 0 Å². The van der Waals surface area contributed by atoms with Crippen LogP contribution in [0, 0.1) is 0 Å². The summed E-state index contributed by atoms with van der Waals surface area (Å²) in [6, 6.07) is 7.65. The minimum atomic E-state index is -0.614. The van der Waals surface area contributed by atoms with Gasteiger partial charge in [-0.3, -0.25) is 4.79 Å². The average Bonchev–Trinajstić information content (AvgIpc) is 2.38. The average molecular weight is 312 g/mol. The summed E-state index contributed by atoms with van der Waals surface area (Å²) in [5.41, 5.74) is 1.27. The topological polar surface area (TPSA) is 40.5 Å². The van der Waals surface area contributed by atoms with Gasteiger partial charge in [-0.1, -0.05) is 28.1 Å². The van der Waals surface area contributed by atoms with Crippen LogP contribution in [0.1, 0.15) is 35.7 Å². The number of rotatable bonds is 2. The van der Waals surface area contributed by atoms with Crippen molar-refractivity contribution in [3.8, 4) is 0 Å². The summed E-state index contributed by atoms with van der Waals surface area (Å²) in [5, 5.41) is 10.7. The Hall–Kier alpha value is -0.870. The first-order valence-electron chi connectivity index (χ1n) is 6.18. The molecule has 1 saturated heterocycles. The van der Waals surface area contributed by atoms with Crippen molar-refractivity contribution >= 4 is 21.8 Å². The molecule has 0 spiro atoms. The Balaban J connectivity index is 2.03. The zero-order chi connectivity index (χ0) is 13.2. The highest BCUT2D eigenvalue weighted by molar-refractivity contribution is 9.08. The maximum absolute atomic E-state index is 12.2. The van der Waals surface area contributed by atoms with Gasteiger partial charge in [0.2, 0.25) is 0 Å². The first-order chi connectivity index (χ1) is 8.52. The largest absolute Gasteiger partial charge is 0.390 e. The number of amides is 1. The third-order valence-corrected chi connectivity index (χ3v) is 4.13. The lowest BCUT2D eigenvalue weighted by Crippen LogP contribution is -2.45. The van der Waals surface area contributed by atoms with E-state index >= 15 is 0 Å². The minimum Gasteiger partial charge on any atom is -0.390 e. The van der Waals surface area contributed by atoms with Gasteiger partial charge in [0, 0.05) is 24.0 Å². The van der Waals surface area contributed by atoms with Gasteiger partial charge in [-0.2, -0.15) is 0 Å². The van der Waals surface area contributed by atoms with Gasteiger partial charge in [-0.15, -0.1) is 0 Å². The number of carbonyl (C=O) groups is 1. The molecule has 0 saturated carbocycles. The fraction of sp³-hybridized carbons (Fsp3) is 0.500. The number of piperidine rings is 1. The van der Waals surface area contributed by atoms with Crippen LogP contribution in [0.3, 0.4) is 0 Å². The van der Waals surface area contributed by atoms with E-state index < -0.39 is 5.60 Å². The summed E-state index contributed by atoms with van der Waals surface area (Å²) in [7, 11) is 0. The Morgan fingerprint density at radius 3 is 2.39 bits per heavy atom. The molecule has 1 heterocycles. The van der Waals surface area contributed by atoms with Crippen molar-refractivity contribution in [1.82, 2.24) is 4.90 Å². The van der Waals surface area contributed by atoms with Crippen molar-refractivity contribution in [2.24, 2.45) is 0 Å². The van der Waals surface area contributed by atoms with Gasteiger partial charge in [0.15, 0.2) is 0 Å². The molecule has 0 unspecified atom stereocenters. The molecule has 3 nitrogen and oxygen atoms in total. The van der Waals surface area contributed by atoms with Gasteiger partial charge >= 0.3 is 0 Å². The van der Waals surface area contributed by atoms with Crippen molar-refractivity contribution in [3.63, 3.8) is 0 Å². The molecular formula is C14H18BrNO2. The van der Waals surface area contributed by atoms with E-state index in [1.807, 2.05) is 36.1 Å². The second-order valence-corrected chi connectivity index (χ2v) is 5.68. The highest BCUT2D eigenvalue weighted by Crippen LogP contribution is 2.22. The second kappa shape index (κ2) is 5.41. The van der Waals surface area contributed by atoms with E-state index in [1.54, 1.807) is 0 Å². The van der Waals surface area contributed by atoms with E-state index in [9.17, 15) is 9.90 Å². The number of alkyl halides is 1. The molecule has 1 fully saturated rings. The number of nitrogens with zero attached hydrogens (tertiary/aromatic N) is 1. The lowest BCUT2D eigenvalue weighted by atomic mass is 9.93. The Bertz CT molecular complexity index is 418. The molecule has 1 amide bonds. The molecule has 98 valence electrons. The maximum Gasteiger partial charge on any atom is 0.253 e. The summed E-state index contributed by atoms with van der Waals surface area (Å²) in [4.78, 5) is 14.1. The molecule has 0 radical (unpaired) electrons. The van der Waals surface area contributed by atoms with E-state index in [-0.39, 0.29) is 5.91 Å². The summed E-state index contributed by atoms with van der Waals surface area (Å²) < 4.78 is 0. The zero-order valence-electron chi connectivity index (χ0n) is 10.5. The van der Waals surface area contributed by atoms with E-state index in [4.69, 9.17) is 0 Å². The zero-order valence-corrected chi connectivity index (χ0v) is 12.1. The van der Waals surface area contributed by atoms with Gasteiger partial charge in [-0.05, 0) is 37.5 Å². The molecule has 1 aliphatic heterocycles. The van der Waals surface area contributed by atoms with Crippen LogP contribution in [0.15, 0.2) is 24.3 Å². The normalized spacial score (nSPS) is 18.7. The molecule has 2 rings (SSSR count). The number of likely N-dealkylation sites (tertiary alicyclic amines) is 1. The van der Waals surface area contributed by atoms with Crippen LogP contribution in [0.25, 0.3) is 0 Å². The van der Waals surface area contributed by atoms with Gasteiger partial charge in [-0.25, -0.2) is 0 Å². The van der Waals surface area contributed by atoms with Crippen LogP contribution in [-0.4, -0.2) is 34.6 Å². The minimum absolute atomic E-state index is 0.0617. The van der Waals surface area contributed by atoms with Crippen LogP contribution in [0.4, 0.5) is 0 Å². The van der Waals surface area contributed by atoms with E-state index in [0.29, 0.717) is 25.9 Å². The fourth-order valence-electron chi connectivity index (χ4n) is 2.11. The Morgan fingerprint density at radius 1 is 1.33 bits per heavy atom. The highest BCUT2D eigenvalue weighted by atomic mass is 79.9. The summed E-state index contributed by atoms with van der Waals surface area (Å²) in [5.74, 6) is 0.0617. The first kappa shape index (κ1) is 13.6. The lowest BCUT2D eigenvalue weighted by Gasteiger charge is -2.35. The molecule has 0 bridgehead atoms. The number of aliphatic hydroxyl groups is 1. The molecule has 1 aromatic rings. The summed E-state index contributed by atoms with van der Waals surface area (Å²) in [6.45, 7) is 3.09. The standard InChI is InChI=1S/C14H18BrNO2/c1-14(18)6-8-16(9-7-14)13(17)12-4-2-11(10-15)3-5-12/h2-5,18H,6-10H2,1H3. The monoisotopic (exact) mass is 311 g/mol. The Morgan fingerprint density at radius 2 is 1.89 bits per heavy atom. The SMILES string of the molecule is CC1(O)CCN(C(=O)c2ccc(CBr)cc2)CC1. The molecule has 1 N–H and O–H groups in total. The van der Waals surface area contributed by atoms with Crippen molar-refractivity contribution in [3.05, 3.63) is 35.4 Å². The third-order valence-electron chi connectivity index (χ3n) is 3.48. The Labute approximate surface area is 116 Å². The third kappa shape index (κ3) is 3.12. The van der Waals surface area contributed by atoms with Crippen molar-refractivity contribution in [2.45, 2.75) is 30.7 Å². The van der Waals surface area contributed by atoms with E-state index in [2.05, 4.69) is 15.9 Å². The smallest absolute Gasteiger partial charge is 0.253 e. The maximum atomic E-state index is 12.2. The molecule has 1 aromatic carbocycles. The van der Waals surface area contributed by atoms with Crippen molar-refractivity contribution in [2.75, 3.05) is 13.1 Å². The fourth-order valence-corrected chi connectivity index (χ4v) is 2.48. The van der Waals surface area contributed by atoms with Crippen LogP contribution in [0.5, 0.6) is 0 Å². The number of hydrogen-bond acceptors (Lipinski definition) is 2. The quantitative estimate of drug-likeness (QED) is 0.853. The number of benzene rings is 1. The van der Waals surface area contributed by atoms with Gasteiger partial charge in [0.1, 0.15) is 0 Å². The predicted molar refractivity (Wildman–Crippen MR) is 74.8 cm³/mol. The molecule has 18 heavy (non-hydrogen) atoms. The Kier molecular flexibility index (Phi) is 4.07.